The molecule has 5 heteroatoms. The van der Waals surface area contributed by atoms with Gasteiger partial charge < -0.3 is 10.7 Å². The van der Waals surface area contributed by atoms with Gasteiger partial charge in [0.05, 0.1) is 10.4 Å². The van der Waals surface area contributed by atoms with Crippen LogP contribution >= 0.6 is 11.3 Å². The Bertz CT molecular complexity index is 1170. The minimum Gasteiger partial charge on any atom is -0.399 e. The van der Waals surface area contributed by atoms with E-state index in [1.54, 1.807) is 17.4 Å². The molecule has 3 N–H and O–H groups in total. The molecule has 0 aromatic carbocycles. The Morgan fingerprint density at radius 3 is 2.77 bits per heavy atom. The Hall–Kier alpha value is -3.44. The summed E-state index contributed by atoms with van der Waals surface area (Å²) in [6.07, 6.45) is 13.9. The molecule has 3 rings (SSSR count). The third-order valence-corrected chi connectivity index (χ3v) is 5.56. The van der Waals surface area contributed by atoms with Crippen LogP contribution in [0.5, 0.6) is 0 Å². The number of H-pyrrole nitrogens is 1. The number of allylic oxidation sites excluding steroid dienone is 9. The van der Waals surface area contributed by atoms with E-state index in [1.807, 2.05) is 67.9 Å². The summed E-state index contributed by atoms with van der Waals surface area (Å²) in [4.78, 5) is 13.9. The Morgan fingerprint density at radius 2 is 2.10 bits per heavy atom. The normalized spacial score (nSPS) is 13.3. The van der Waals surface area contributed by atoms with Crippen LogP contribution in [0.15, 0.2) is 102 Å². The summed E-state index contributed by atoms with van der Waals surface area (Å²) in [5.74, 6) is 0.836. The topological polar surface area (TPSA) is 67.6 Å². The van der Waals surface area contributed by atoms with E-state index in [0.717, 1.165) is 44.1 Å². The van der Waals surface area contributed by atoms with Crippen molar-refractivity contribution in [1.29, 1.82) is 0 Å². The van der Waals surface area contributed by atoms with E-state index < -0.39 is 0 Å². The molecule has 0 radical (unpaired) electrons. The second kappa shape index (κ2) is 9.85. The number of thiophene rings is 1. The number of fused-ring (bicyclic) bond motifs is 1. The highest BCUT2D eigenvalue weighted by molar-refractivity contribution is 7.13. The summed E-state index contributed by atoms with van der Waals surface area (Å²) in [7, 11) is 0. The minimum absolute atomic E-state index is 0.565. The van der Waals surface area contributed by atoms with E-state index in [1.165, 1.54) is 0 Å². The number of aromatic amines is 1. The van der Waals surface area contributed by atoms with Crippen molar-refractivity contribution in [3.63, 3.8) is 0 Å². The molecular formula is C25H26N4S. The molecule has 0 atom stereocenters. The van der Waals surface area contributed by atoms with Gasteiger partial charge >= 0.3 is 0 Å². The van der Waals surface area contributed by atoms with Crippen molar-refractivity contribution in [2.24, 2.45) is 5.73 Å². The zero-order chi connectivity index (χ0) is 21.5. The molecule has 0 aliphatic carbocycles. The number of nitrogens with one attached hydrogen (secondary N) is 1. The van der Waals surface area contributed by atoms with E-state index >= 15 is 0 Å². The number of nitrogens with two attached hydrogens (primary N) is 1. The first-order chi connectivity index (χ1) is 14.6. The van der Waals surface area contributed by atoms with Crippen LogP contribution in [0.4, 0.5) is 0 Å². The van der Waals surface area contributed by atoms with Crippen LogP contribution in [0.1, 0.15) is 19.7 Å². The summed E-state index contributed by atoms with van der Waals surface area (Å²) in [5, 5.41) is 2.04. The number of rotatable bonds is 8. The van der Waals surface area contributed by atoms with Gasteiger partial charge in [-0.15, -0.1) is 11.3 Å². The molecule has 0 amide bonds. The molecule has 0 aliphatic rings. The lowest BCUT2D eigenvalue weighted by atomic mass is 10.00. The highest BCUT2D eigenvalue weighted by Crippen LogP contribution is 2.29. The number of hydrogen-bond acceptors (Lipinski definition) is 4. The third-order valence-electron chi connectivity index (χ3n) is 4.69. The first kappa shape index (κ1) is 21.3. The first-order valence-electron chi connectivity index (χ1n) is 9.72. The van der Waals surface area contributed by atoms with Crippen molar-refractivity contribution in [1.82, 2.24) is 15.0 Å². The lowest BCUT2D eigenvalue weighted by Crippen LogP contribution is -2.05. The van der Waals surface area contributed by atoms with E-state index in [0.29, 0.717) is 12.1 Å². The lowest BCUT2D eigenvalue weighted by Gasteiger charge is -2.09. The van der Waals surface area contributed by atoms with Crippen molar-refractivity contribution in [2.75, 3.05) is 0 Å². The molecule has 0 saturated heterocycles. The van der Waals surface area contributed by atoms with Crippen LogP contribution in [0.2, 0.25) is 0 Å². The Balaban J connectivity index is 1.97. The molecule has 30 heavy (non-hydrogen) atoms. The van der Waals surface area contributed by atoms with Gasteiger partial charge in [0.1, 0.15) is 17.0 Å². The molecule has 0 spiro atoms. The maximum atomic E-state index is 6.30. The maximum absolute atomic E-state index is 6.30. The molecular weight excluding hydrogens is 388 g/mol. The molecule has 3 heterocycles. The Morgan fingerprint density at radius 1 is 1.27 bits per heavy atom. The Labute approximate surface area is 181 Å². The quantitative estimate of drug-likeness (QED) is 0.427. The molecule has 0 saturated carbocycles. The number of pyridine rings is 1. The average Bonchev–Trinajstić information content (AvgIpc) is 3.42. The lowest BCUT2D eigenvalue weighted by molar-refractivity contribution is 1.01. The second-order valence-electron chi connectivity index (χ2n) is 6.67. The van der Waals surface area contributed by atoms with Crippen molar-refractivity contribution in [3.8, 4) is 10.6 Å². The zero-order valence-corrected chi connectivity index (χ0v) is 18.2. The predicted octanol–water partition coefficient (Wildman–Crippen LogP) is 6.26. The van der Waals surface area contributed by atoms with Crippen LogP contribution in [-0.2, 0) is 6.42 Å². The fourth-order valence-corrected chi connectivity index (χ4v) is 3.84. The number of aromatic nitrogens is 3. The number of nitrogens with zero attached hydrogens (tertiary/aromatic N) is 2. The SMILES string of the molecule is C=C/C=C\C(=C/C)C(=C)/C=C(Cc1nc2c(-c3cccs3)nccc2[nH]1)\C(N)=C/C. The van der Waals surface area contributed by atoms with Gasteiger partial charge in [0.25, 0.3) is 0 Å². The van der Waals surface area contributed by atoms with E-state index in [9.17, 15) is 0 Å². The first-order valence-corrected chi connectivity index (χ1v) is 10.6. The van der Waals surface area contributed by atoms with Gasteiger partial charge in [-0.3, -0.25) is 4.98 Å². The monoisotopic (exact) mass is 414 g/mol. The van der Waals surface area contributed by atoms with Crippen LogP contribution in [0.3, 0.4) is 0 Å². The van der Waals surface area contributed by atoms with E-state index in [2.05, 4.69) is 29.2 Å². The summed E-state index contributed by atoms with van der Waals surface area (Å²) < 4.78 is 0. The molecule has 0 unspecified atom stereocenters. The van der Waals surface area contributed by atoms with Gasteiger partial charge in [-0.05, 0) is 54.2 Å². The van der Waals surface area contributed by atoms with Crippen LogP contribution in [0.25, 0.3) is 21.6 Å². The van der Waals surface area contributed by atoms with Gasteiger partial charge in [0.2, 0.25) is 0 Å². The maximum Gasteiger partial charge on any atom is 0.116 e. The summed E-state index contributed by atoms with van der Waals surface area (Å²) in [5.41, 5.74) is 12.6. The fourth-order valence-electron chi connectivity index (χ4n) is 3.12. The average molecular weight is 415 g/mol. The number of imidazole rings is 1. The van der Waals surface area contributed by atoms with Gasteiger partial charge in [-0.25, -0.2) is 4.98 Å². The summed E-state index contributed by atoms with van der Waals surface area (Å²) in [6, 6.07) is 6.03. The van der Waals surface area contributed by atoms with Crippen molar-refractivity contribution < 1.29 is 0 Å². The smallest absolute Gasteiger partial charge is 0.116 e. The van der Waals surface area contributed by atoms with Crippen molar-refractivity contribution in [2.45, 2.75) is 20.3 Å². The number of hydrogen-bond donors (Lipinski definition) is 2. The standard InChI is InChI=1S/C25H26N4S/c1-5-8-10-18(6-2)17(4)15-19(20(26)7-3)16-23-28-21-12-13-27-25(24(21)29-23)22-11-9-14-30-22/h5-15H,1,4,16,26H2,2-3H3,(H,28,29)/b10-8-,18-6+,19-15-,20-7+. The molecule has 0 bridgehead atoms. The van der Waals surface area contributed by atoms with Crippen molar-refractivity contribution in [3.05, 3.63) is 108 Å². The molecule has 4 nitrogen and oxygen atoms in total. The third kappa shape index (κ3) is 4.75. The molecule has 0 aliphatic heterocycles. The van der Waals surface area contributed by atoms with Gasteiger partial charge in [-0.1, -0.05) is 49.6 Å². The zero-order valence-electron chi connectivity index (χ0n) is 17.4. The summed E-state index contributed by atoms with van der Waals surface area (Å²) >= 11 is 1.65. The van der Waals surface area contributed by atoms with Gasteiger partial charge in [-0.2, -0.15) is 0 Å². The largest absolute Gasteiger partial charge is 0.399 e. The van der Waals surface area contributed by atoms with E-state index in [-0.39, 0.29) is 0 Å². The van der Waals surface area contributed by atoms with Crippen molar-refractivity contribution >= 4 is 22.4 Å². The minimum atomic E-state index is 0.565. The van der Waals surface area contributed by atoms with Crippen LogP contribution < -0.4 is 5.73 Å². The molecule has 152 valence electrons. The van der Waals surface area contributed by atoms with Gasteiger partial charge in [0.15, 0.2) is 0 Å². The molecule has 0 fully saturated rings. The molecule has 3 aromatic rings. The summed E-state index contributed by atoms with van der Waals surface area (Å²) in [6.45, 7) is 11.9. The highest BCUT2D eigenvalue weighted by Gasteiger charge is 2.13. The van der Waals surface area contributed by atoms with Crippen LogP contribution in [0, 0.1) is 0 Å². The fraction of sp³-hybridized carbons (Fsp3) is 0.120. The molecule has 3 aromatic heterocycles. The van der Waals surface area contributed by atoms with Crippen LogP contribution in [-0.4, -0.2) is 15.0 Å². The van der Waals surface area contributed by atoms with E-state index in [4.69, 9.17) is 10.7 Å². The predicted molar refractivity (Wildman–Crippen MR) is 129 cm³/mol. The Kier molecular flexibility index (Phi) is 6.99. The second-order valence-corrected chi connectivity index (χ2v) is 7.62. The van der Waals surface area contributed by atoms with Gasteiger partial charge in [0, 0.05) is 18.3 Å². The highest BCUT2D eigenvalue weighted by atomic mass is 32.1.